The maximum atomic E-state index is 4.19. The van der Waals surface area contributed by atoms with Crippen molar-refractivity contribution >= 4 is 15.9 Å². The van der Waals surface area contributed by atoms with Gasteiger partial charge in [0.1, 0.15) is 0 Å². The van der Waals surface area contributed by atoms with E-state index in [2.05, 4.69) is 40.2 Å². The van der Waals surface area contributed by atoms with Crippen LogP contribution in [0.5, 0.6) is 0 Å². The molecule has 0 bridgehead atoms. The smallest absolute Gasteiger partial charge is 0.0632 e. The molecule has 0 aliphatic heterocycles. The van der Waals surface area contributed by atoms with E-state index < -0.39 is 0 Å². The number of hydrogen-bond acceptors (Lipinski definition) is 2. The van der Waals surface area contributed by atoms with Crippen LogP contribution in [-0.4, -0.2) is 22.4 Å². The molecule has 13 heavy (non-hydrogen) atoms. The van der Waals surface area contributed by atoms with Gasteiger partial charge < -0.3 is 5.32 Å². The van der Waals surface area contributed by atoms with E-state index in [1.54, 1.807) is 0 Å². The third-order valence-corrected chi connectivity index (χ3v) is 2.21. The summed E-state index contributed by atoms with van der Waals surface area (Å²) in [5.74, 6) is 0. The fourth-order valence-corrected chi connectivity index (χ4v) is 1.50. The Morgan fingerprint density at radius 3 is 3.00 bits per heavy atom. The summed E-state index contributed by atoms with van der Waals surface area (Å²) < 4.78 is 2.98. The van der Waals surface area contributed by atoms with Gasteiger partial charge in [-0.25, -0.2) is 0 Å². The molecule has 0 aliphatic rings. The summed E-state index contributed by atoms with van der Waals surface area (Å²) in [6, 6.07) is 0.478. The minimum absolute atomic E-state index is 0.478. The normalized spacial score (nSPS) is 13.2. The Hall–Kier alpha value is -0.350. The van der Waals surface area contributed by atoms with Crippen molar-refractivity contribution in [2.75, 3.05) is 6.54 Å². The zero-order valence-corrected chi connectivity index (χ0v) is 9.71. The Kier molecular flexibility index (Phi) is 4.45. The summed E-state index contributed by atoms with van der Waals surface area (Å²) in [7, 11) is 0. The quantitative estimate of drug-likeness (QED) is 0.861. The lowest BCUT2D eigenvalue weighted by Crippen LogP contribution is -2.31. The molecule has 1 aromatic rings. The topological polar surface area (TPSA) is 29.9 Å². The molecule has 1 atom stereocenters. The van der Waals surface area contributed by atoms with Crippen LogP contribution in [-0.2, 0) is 6.54 Å². The Bertz CT molecular complexity index is 247. The van der Waals surface area contributed by atoms with Crippen LogP contribution in [0.4, 0.5) is 0 Å². The standard InChI is InChI=1S/C9H16BrN3/c1-3-4-11-8(2)6-13-7-9(10)5-12-13/h5,7-8,11H,3-4,6H2,1-2H3. The van der Waals surface area contributed by atoms with E-state index in [4.69, 9.17) is 0 Å². The molecule has 1 heterocycles. The third-order valence-electron chi connectivity index (χ3n) is 1.81. The highest BCUT2D eigenvalue weighted by atomic mass is 79.9. The molecule has 0 aromatic carbocycles. The highest BCUT2D eigenvalue weighted by molar-refractivity contribution is 9.10. The van der Waals surface area contributed by atoms with Crippen molar-refractivity contribution < 1.29 is 0 Å². The fourth-order valence-electron chi connectivity index (χ4n) is 1.17. The minimum Gasteiger partial charge on any atom is -0.312 e. The number of hydrogen-bond donors (Lipinski definition) is 1. The van der Waals surface area contributed by atoms with Crippen molar-refractivity contribution in [3.8, 4) is 0 Å². The van der Waals surface area contributed by atoms with Crippen molar-refractivity contribution in [3.63, 3.8) is 0 Å². The first-order valence-electron chi connectivity index (χ1n) is 4.63. The van der Waals surface area contributed by atoms with Gasteiger partial charge >= 0.3 is 0 Å². The first-order chi connectivity index (χ1) is 6.22. The van der Waals surface area contributed by atoms with Crippen LogP contribution in [0, 0.1) is 0 Å². The Morgan fingerprint density at radius 2 is 2.46 bits per heavy atom. The Labute approximate surface area is 87.6 Å². The summed E-state index contributed by atoms with van der Waals surface area (Å²) in [6.07, 6.45) is 4.98. The van der Waals surface area contributed by atoms with Crippen molar-refractivity contribution in [2.45, 2.75) is 32.9 Å². The summed E-state index contributed by atoms with van der Waals surface area (Å²) in [4.78, 5) is 0. The van der Waals surface area contributed by atoms with Gasteiger partial charge in [0.05, 0.1) is 17.2 Å². The van der Waals surface area contributed by atoms with Gasteiger partial charge in [-0.1, -0.05) is 6.92 Å². The van der Waals surface area contributed by atoms with E-state index in [1.807, 2.05) is 17.1 Å². The monoisotopic (exact) mass is 245 g/mol. The van der Waals surface area contributed by atoms with Crippen LogP contribution in [0.1, 0.15) is 20.3 Å². The molecule has 4 heteroatoms. The van der Waals surface area contributed by atoms with E-state index >= 15 is 0 Å². The van der Waals surface area contributed by atoms with Crippen LogP contribution in [0.2, 0.25) is 0 Å². The van der Waals surface area contributed by atoms with E-state index in [0.29, 0.717) is 6.04 Å². The zero-order chi connectivity index (χ0) is 9.68. The summed E-state index contributed by atoms with van der Waals surface area (Å²) in [5, 5.41) is 7.61. The number of aromatic nitrogens is 2. The number of halogens is 1. The summed E-state index contributed by atoms with van der Waals surface area (Å²) in [6.45, 7) is 6.34. The molecule has 0 fully saturated rings. The van der Waals surface area contributed by atoms with Crippen LogP contribution in [0.3, 0.4) is 0 Å². The molecule has 1 rings (SSSR count). The molecular formula is C9H16BrN3. The molecule has 0 saturated heterocycles. The van der Waals surface area contributed by atoms with Gasteiger partial charge in [0.25, 0.3) is 0 Å². The number of nitrogens with one attached hydrogen (secondary N) is 1. The fraction of sp³-hybridized carbons (Fsp3) is 0.667. The molecule has 0 spiro atoms. The predicted molar refractivity (Wildman–Crippen MR) is 57.7 cm³/mol. The van der Waals surface area contributed by atoms with Gasteiger partial charge in [0.15, 0.2) is 0 Å². The number of nitrogens with zero attached hydrogens (tertiary/aromatic N) is 2. The molecule has 3 nitrogen and oxygen atoms in total. The first kappa shape index (κ1) is 10.7. The third kappa shape index (κ3) is 3.91. The maximum Gasteiger partial charge on any atom is 0.0632 e. The highest BCUT2D eigenvalue weighted by Crippen LogP contribution is 2.06. The lowest BCUT2D eigenvalue weighted by molar-refractivity contribution is 0.452. The zero-order valence-electron chi connectivity index (χ0n) is 8.13. The molecule has 0 radical (unpaired) electrons. The largest absolute Gasteiger partial charge is 0.312 e. The van der Waals surface area contributed by atoms with Gasteiger partial charge in [0, 0.05) is 12.2 Å². The molecule has 1 N–H and O–H groups in total. The van der Waals surface area contributed by atoms with Crippen LogP contribution >= 0.6 is 15.9 Å². The second-order valence-corrected chi connectivity index (χ2v) is 4.15. The van der Waals surface area contributed by atoms with E-state index in [1.165, 1.54) is 6.42 Å². The second-order valence-electron chi connectivity index (χ2n) is 3.24. The average molecular weight is 246 g/mol. The molecular weight excluding hydrogens is 230 g/mol. The van der Waals surface area contributed by atoms with Gasteiger partial charge in [0.2, 0.25) is 0 Å². The van der Waals surface area contributed by atoms with Crippen LogP contribution < -0.4 is 5.32 Å². The van der Waals surface area contributed by atoms with Crippen molar-refractivity contribution in [1.82, 2.24) is 15.1 Å². The lowest BCUT2D eigenvalue weighted by Gasteiger charge is -2.12. The second kappa shape index (κ2) is 5.40. The molecule has 1 aromatic heterocycles. The molecule has 0 aliphatic carbocycles. The van der Waals surface area contributed by atoms with Crippen molar-refractivity contribution in [1.29, 1.82) is 0 Å². The lowest BCUT2D eigenvalue weighted by atomic mass is 10.3. The Morgan fingerprint density at radius 1 is 1.69 bits per heavy atom. The van der Waals surface area contributed by atoms with Crippen LogP contribution in [0.25, 0.3) is 0 Å². The summed E-state index contributed by atoms with van der Waals surface area (Å²) >= 11 is 3.37. The molecule has 74 valence electrons. The van der Waals surface area contributed by atoms with Crippen molar-refractivity contribution in [3.05, 3.63) is 16.9 Å². The van der Waals surface area contributed by atoms with Crippen molar-refractivity contribution in [2.24, 2.45) is 0 Å². The minimum atomic E-state index is 0.478. The Balaban J connectivity index is 2.31. The first-order valence-corrected chi connectivity index (χ1v) is 5.43. The van der Waals surface area contributed by atoms with Gasteiger partial charge in [-0.15, -0.1) is 0 Å². The average Bonchev–Trinajstić information content (AvgIpc) is 2.48. The summed E-state index contributed by atoms with van der Waals surface area (Å²) in [5.41, 5.74) is 0. The van der Waals surface area contributed by atoms with E-state index in [-0.39, 0.29) is 0 Å². The van der Waals surface area contributed by atoms with E-state index in [9.17, 15) is 0 Å². The molecule has 0 saturated carbocycles. The van der Waals surface area contributed by atoms with Gasteiger partial charge in [-0.2, -0.15) is 5.10 Å². The van der Waals surface area contributed by atoms with Gasteiger partial charge in [-0.05, 0) is 35.8 Å². The molecule has 0 amide bonds. The SMILES string of the molecule is CCCNC(C)Cn1cc(Br)cn1. The van der Waals surface area contributed by atoms with Gasteiger partial charge in [-0.3, -0.25) is 4.68 Å². The molecule has 1 unspecified atom stereocenters. The predicted octanol–water partition coefficient (Wildman–Crippen LogP) is 2.03. The van der Waals surface area contributed by atoms with Crippen LogP contribution in [0.15, 0.2) is 16.9 Å². The highest BCUT2D eigenvalue weighted by Gasteiger charge is 2.02. The maximum absolute atomic E-state index is 4.19. The van der Waals surface area contributed by atoms with E-state index in [0.717, 1.165) is 17.6 Å². The number of rotatable bonds is 5.